The van der Waals surface area contributed by atoms with E-state index in [0.29, 0.717) is 12.4 Å². The number of nitrogens with two attached hydrogens (primary N) is 1. The van der Waals surface area contributed by atoms with Gasteiger partial charge >= 0.3 is 0 Å². The molecule has 5 aromatic rings. The molecule has 8 nitrogen and oxygen atoms in total. The summed E-state index contributed by atoms with van der Waals surface area (Å²) in [5, 5.41) is 5.31. The maximum absolute atomic E-state index is 6.27. The van der Waals surface area contributed by atoms with Crippen LogP contribution in [0.4, 0.5) is 11.6 Å². The number of nitrogens with one attached hydrogen (secondary N) is 1. The summed E-state index contributed by atoms with van der Waals surface area (Å²) in [5.74, 6) is 2.10. The highest BCUT2D eigenvalue weighted by Gasteiger charge is 2.28. The highest BCUT2D eigenvalue weighted by Crippen LogP contribution is 2.32. The van der Waals surface area contributed by atoms with E-state index >= 15 is 0 Å². The fraction of sp³-hybridized carbons (Fsp3) is 0.222. The van der Waals surface area contributed by atoms with Crippen molar-refractivity contribution in [3.63, 3.8) is 0 Å². The lowest BCUT2D eigenvalue weighted by atomic mass is 10.2. The number of benzene rings is 2. The quantitative estimate of drug-likeness (QED) is 0.351. The molecular formula is C27H26N6O2. The van der Waals surface area contributed by atoms with Gasteiger partial charge in [-0.05, 0) is 48.7 Å². The minimum Gasteiger partial charge on any atom is -0.491 e. The third kappa shape index (κ3) is 4.48. The molecule has 0 spiro atoms. The molecule has 0 saturated carbocycles. The van der Waals surface area contributed by atoms with E-state index in [1.807, 2.05) is 59.3 Å². The van der Waals surface area contributed by atoms with Gasteiger partial charge in [0, 0.05) is 24.2 Å². The number of ether oxygens (including phenoxy) is 2. The van der Waals surface area contributed by atoms with Crippen molar-refractivity contribution in [2.75, 3.05) is 17.7 Å². The van der Waals surface area contributed by atoms with Gasteiger partial charge in [0.1, 0.15) is 42.2 Å². The number of rotatable bonds is 7. The molecule has 1 aliphatic rings. The Kier molecular flexibility index (Phi) is 5.64. The summed E-state index contributed by atoms with van der Waals surface area (Å²) < 4.78 is 14.4. The normalized spacial score (nSPS) is 17.7. The topological polar surface area (TPSA) is 100 Å². The molecule has 2 atom stereocenters. The van der Waals surface area contributed by atoms with Crippen LogP contribution in [-0.2, 0) is 11.3 Å². The summed E-state index contributed by atoms with van der Waals surface area (Å²) in [5.41, 5.74) is 8.86. The summed E-state index contributed by atoms with van der Waals surface area (Å²) >= 11 is 0. The number of nitrogen functional groups attached to an aromatic ring is 1. The molecule has 1 aliphatic heterocycles. The van der Waals surface area contributed by atoms with E-state index in [1.165, 1.54) is 11.9 Å². The lowest BCUT2D eigenvalue weighted by Crippen LogP contribution is -2.18. The van der Waals surface area contributed by atoms with Gasteiger partial charge in [0.25, 0.3) is 0 Å². The molecule has 0 amide bonds. The van der Waals surface area contributed by atoms with Crippen LogP contribution in [0.15, 0.2) is 79.3 Å². The van der Waals surface area contributed by atoms with E-state index < -0.39 is 0 Å². The van der Waals surface area contributed by atoms with Crippen LogP contribution in [-0.4, -0.2) is 32.2 Å². The molecule has 6 rings (SSSR count). The number of pyridine rings is 1. The maximum atomic E-state index is 6.27. The lowest BCUT2D eigenvalue weighted by Gasteiger charge is -2.16. The number of nitrogens with zero attached hydrogens (tertiary/aromatic N) is 4. The number of anilines is 2. The Morgan fingerprint density at radius 2 is 1.91 bits per heavy atom. The van der Waals surface area contributed by atoms with Gasteiger partial charge < -0.3 is 25.1 Å². The summed E-state index contributed by atoms with van der Waals surface area (Å²) in [7, 11) is 0. The van der Waals surface area contributed by atoms with Crippen molar-refractivity contribution in [2.45, 2.75) is 31.7 Å². The van der Waals surface area contributed by atoms with Gasteiger partial charge in [-0.1, -0.05) is 30.3 Å². The van der Waals surface area contributed by atoms with Crippen LogP contribution < -0.4 is 15.8 Å². The van der Waals surface area contributed by atoms with E-state index in [4.69, 9.17) is 20.2 Å². The largest absolute Gasteiger partial charge is 0.491 e. The monoisotopic (exact) mass is 466 g/mol. The van der Waals surface area contributed by atoms with Gasteiger partial charge in [-0.3, -0.25) is 0 Å². The SMILES string of the molecule is Nc1ncnc2c1ccn2[C@H]1CC[C@@H](COc2ccc3ccc(NCc4ccccc4)nc3c2)O1. The van der Waals surface area contributed by atoms with E-state index in [-0.39, 0.29) is 12.3 Å². The van der Waals surface area contributed by atoms with Crippen LogP contribution in [0.3, 0.4) is 0 Å². The molecule has 0 unspecified atom stereocenters. The Bertz CT molecular complexity index is 1470. The Labute approximate surface area is 202 Å². The third-order valence-electron chi connectivity index (χ3n) is 6.35. The van der Waals surface area contributed by atoms with Gasteiger partial charge in [0.05, 0.1) is 17.0 Å². The van der Waals surface area contributed by atoms with Crippen LogP contribution in [0.1, 0.15) is 24.6 Å². The molecule has 4 heterocycles. The Balaban J connectivity index is 1.09. The highest BCUT2D eigenvalue weighted by atomic mass is 16.6. The minimum absolute atomic E-state index is 0.000774. The molecule has 0 radical (unpaired) electrons. The average molecular weight is 467 g/mol. The first-order chi connectivity index (χ1) is 17.2. The molecule has 0 bridgehead atoms. The van der Waals surface area contributed by atoms with Gasteiger partial charge in [0.15, 0.2) is 0 Å². The molecule has 2 aromatic carbocycles. The first-order valence-corrected chi connectivity index (χ1v) is 11.8. The van der Waals surface area contributed by atoms with Crippen molar-refractivity contribution < 1.29 is 9.47 Å². The van der Waals surface area contributed by atoms with Crippen molar-refractivity contribution in [3.05, 3.63) is 84.8 Å². The second-order valence-electron chi connectivity index (χ2n) is 8.71. The fourth-order valence-electron chi connectivity index (χ4n) is 4.50. The van der Waals surface area contributed by atoms with Crippen molar-refractivity contribution in [3.8, 4) is 5.75 Å². The van der Waals surface area contributed by atoms with Gasteiger partial charge in [-0.15, -0.1) is 0 Å². The summed E-state index contributed by atoms with van der Waals surface area (Å²) in [4.78, 5) is 13.2. The third-order valence-corrected chi connectivity index (χ3v) is 6.35. The Morgan fingerprint density at radius 3 is 2.83 bits per heavy atom. The van der Waals surface area contributed by atoms with Crippen LogP contribution >= 0.6 is 0 Å². The predicted molar refractivity (Wildman–Crippen MR) is 136 cm³/mol. The molecule has 3 N–H and O–H groups in total. The Hall–Kier alpha value is -4.17. The molecule has 3 aromatic heterocycles. The molecule has 1 fully saturated rings. The van der Waals surface area contributed by atoms with Crippen molar-refractivity contribution in [2.24, 2.45) is 0 Å². The van der Waals surface area contributed by atoms with Crippen LogP contribution in [0.25, 0.3) is 21.9 Å². The molecule has 1 saturated heterocycles. The number of fused-ring (bicyclic) bond motifs is 2. The fourth-order valence-corrected chi connectivity index (χ4v) is 4.50. The highest BCUT2D eigenvalue weighted by molar-refractivity contribution is 5.86. The van der Waals surface area contributed by atoms with Gasteiger partial charge in [-0.2, -0.15) is 0 Å². The van der Waals surface area contributed by atoms with E-state index in [1.54, 1.807) is 0 Å². The Morgan fingerprint density at radius 1 is 1.03 bits per heavy atom. The first-order valence-electron chi connectivity index (χ1n) is 11.8. The number of hydrogen-bond donors (Lipinski definition) is 2. The lowest BCUT2D eigenvalue weighted by molar-refractivity contribution is -0.0156. The molecule has 8 heteroatoms. The molecule has 176 valence electrons. The van der Waals surface area contributed by atoms with Crippen molar-refractivity contribution >= 4 is 33.6 Å². The molecular weight excluding hydrogens is 440 g/mol. The van der Waals surface area contributed by atoms with Gasteiger partial charge in [-0.25, -0.2) is 15.0 Å². The first kappa shape index (κ1) is 21.4. The molecule has 35 heavy (non-hydrogen) atoms. The van der Waals surface area contributed by atoms with Crippen molar-refractivity contribution in [1.82, 2.24) is 19.5 Å². The van der Waals surface area contributed by atoms with Crippen LogP contribution in [0.5, 0.6) is 5.75 Å². The summed E-state index contributed by atoms with van der Waals surface area (Å²) in [6, 6.07) is 22.3. The zero-order chi connectivity index (χ0) is 23.6. The second kappa shape index (κ2) is 9.23. The number of hydrogen-bond acceptors (Lipinski definition) is 7. The second-order valence-corrected chi connectivity index (χ2v) is 8.71. The summed E-state index contributed by atoms with van der Waals surface area (Å²) in [6.45, 7) is 1.20. The summed E-state index contributed by atoms with van der Waals surface area (Å²) in [6.07, 6.45) is 5.15. The predicted octanol–water partition coefficient (Wildman–Crippen LogP) is 4.93. The molecule has 0 aliphatic carbocycles. The van der Waals surface area contributed by atoms with Gasteiger partial charge in [0.2, 0.25) is 0 Å². The van der Waals surface area contributed by atoms with E-state index in [2.05, 4.69) is 33.5 Å². The van der Waals surface area contributed by atoms with Crippen LogP contribution in [0.2, 0.25) is 0 Å². The average Bonchev–Trinajstić information content (AvgIpc) is 3.54. The zero-order valence-corrected chi connectivity index (χ0v) is 19.2. The minimum atomic E-state index is -0.0908. The number of aromatic nitrogens is 4. The van der Waals surface area contributed by atoms with E-state index in [9.17, 15) is 0 Å². The van der Waals surface area contributed by atoms with Crippen LogP contribution in [0, 0.1) is 0 Å². The van der Waals surface area contributed by atoms with E-state index in [0.717, 1.165) is 52.9 Å². The zero-order valence-electron chi connectivity index (χ0n) is 19.2. The standard InChI is InChI=1S/C27H26N6O2/c28-26-22-12-13-33(27(22)31-17-30-26)25-11-9-21(35-25)16-34-20-8-6-19-7-10-24(32-23(19)14-20)29-15-18-4-2-1-3-5-18/h1-8,10,12-14,17,21,25H,9,11,15-16H2,(H,29,32)(H2,28,30,31)/t21-,25+/m0/s1. The van der Waals surface area contributed by atoms with Crippen molar-refractivity contribution in [1.29, 1.82) is 0 Å². The maximum Gasteiger partial charge on any atom is 0.147 e. The smallest absolute Gasteiger partial charge is 0.147 e.